The summed E-state index contributed by atoms with van der Waals surface area (Å²) in [6.07, 6.45) is 0.237. The van der Waals surface area contributed by atoms with Gasteiger partial charge in [0.2, 0.25) is 0 Å². The Morgan fingerprint density at radius 2 is 2.12 bits per heavy atom. The number of aliphatic hydroxyl groups is 1. The average Bonchev–Trinajstić information content (AvgIpc) is 2.38. The highest BCUT2D eigenvalue weighted by atomic mass is 16.5. The van der Waals surface area contributed by atoms with E-state index in [1.807, 2.05) is 30.3 Å². The molecule has 1 N–H and O–H groups in total. The van der Waals surface area contributed by atoms with Crippen LogP contribution in [0, 0.1) is 0 Å². The first-order valence-corrected chi connectivity index (χ1v) is 5.39. The van der Waals surface area contributed by atoms with E-state index in [1.54, 1.807) is 0 Å². The summed E-state index contributed by atoms with van der Waals surface area (Å²) in [5.41, 5.74) is 3.63. The van der Waals surface area contributed by atoms with Crippen molar-refractivity contribution in [3.63, 3.8) is 0 Å². The number of rotatable bonds is 5. The molecule has 0 fully saturated rings. The average molecular weight is 232 g/mol. The number of ether oxygens (including phenoxy) is 1. The third-order valence-electron chi connectivity index (χ3n) is 2.48. The lowest BCUT2D eigenvalue weighted by atomic mass is 10.0. The molecule has 0 aliphatic heterocycles. The molecule has 0 unspecified atom stereocenters. The van der Waals surface area contributed by atoms with E-state index in [0.717, 1.165) is 5.56 Å². The summed E-state index contributed by atoms with van der Waals surface area (Å²) in [5.74, 6) is -0.583. The largest absolute Gasteiger partial charge is 0.465 e. The molecule has 0 aliphatic rings. The summed E-state index contributed by atoms with van der Waals surface area (Å²) in [6, 6.07) is 9.76. The molecule has 90 valence electrons. The Hall–Kier alpha value is -1.83. The minimum atomic E-state index is -0.889. The molecule has 3 nitrogen and oxygen atoms in total. The molecule has 17 heavy (non-hydrogen) atoms. The molecule has 0 saturated carbocycles. The van der Waals surface area contributed by atoms with E-state index in [2.05, 4.69) is 17.0 Å². The van der Waals surface area contributed by atoms with E-state index in [4.69, 9.17) is 0 Å². The van der Waals surface area contributed by atoms with Crippen LogP contribution in [0.5, 0.6) is 0 Å². The summed E-state index contributed by atoms with van der Waals surface area (Å²) >= 11 is 0. The SMILES string of the molecule is C=C=C(C(=O)OC)[C@@H](O)CCc1ccccc1. The standard InChI is InChI=1S/C14H16O3/c1-3-12(14(16)17-2)13(15)10-9-11-7-5-4-6-8-11/h4-8,13,15H,1,9-10H2,2H3/t13-/m0/s1. The Bertz CT molecular complexity index is 416. The normalized spacial score (nSPS) is 11.4. The second-order valence-corrected chi connectivity index (χ2v) is 3.62. The predicted octanol–water partition coefficient (Wildman–Crippen LogP) is 1.86. The van der Waals surface area contributed by atoms with Gasteiger partial charge in [-0.15, -0.1) is 5.73 Å². The second kappa shape index (κ2) is 6.69. The molecule has 1 aromatic carbocycles. The van der Waals surface area contributed by atoms with Gasteiger partial charge < -0.3 is 9.84 Å². The highest BCUT2D eigenvalue weighted by Gasteiger charge is 2.18. The van der Waals surface area contributed by atoms with Crippen LogP contribution in [0.2, 0.25) is 0 Å². The van der Waals surface area contributed by atoms with Gasteiger partial charge in [-0.25, -0.2) is 4.79 Å². The maximum absolute atomic E-state index is 11.3. The van der Waals surface area contributed by atoms with Crippen LogP contribution in [0.1, 0.15) is 12.0 Å². The fraction of sp³-hybridized carbons (Fsp3) is 0.286. The number of hydrogen-bond donors (Lipinski definition) is 1. The van der Waals surface area contributed by atoms with Gasteiger partial charge in [0.25, 0.3) is 0 Å². The highest BCUT2D eigenvalue weighted by molar-refractivity contribution is 5.89. The smallest absolute Gasteiger partial charge is 0.344 e. The molecule has 0 aromatic heterocycles. The van der Waals surface area contributed by atoms with Crippen LogP contribution in [0.4, 0.5) is 0 Å². The van der Waals surface area contributed by atoms with Crippen LogP contribution in [-0.2, 0) is 16.0 Å². The maximum Gasteiger partial charge on any atom is 0.344 e. The number of aliphatic hydroxyl groups excluding tert-OH is 1. The number of hydrogen-bond acceptors (Lipinski definition) is 3. The predicted molar refractivity (Wildman–Crippen MR) is 65.4 cm³/mol. The number of methoxy groups -OCH3 is 1. The first kappa shape index (κ1) is 13.2. The Labute approximate surface area is 101 Å². The highest BCUT2D eigenvalue weighted by Crippen LogP contribution is 2.11. The monoisotopic (exact) mass is 232 g/mol. The first-order chi connectivity index (χ1) is 8.19. The summed E-state index contributed by atoms with van der Waals surface area (Å²) in [7, 11) is 1.27. The van der Waals surface area contributed by atoms with E-state index < -0.39 is 12.1 Å². The molecule has 0 saturated heterocycles. The summed E-state index contributed by atoms with van der Waals surface area (Å²) in [5, 5.41) is 9.83. The van der Waals surface area contributed by atoms with Gasteiger partial charge in [-0.05, 0) is 18.4 Å². The van der Waals surface area contributed by atoms with Crippen molar-refractivity contribution in [3.05, 3.63) is 53.8 Å². The molecule has 0 bridgehead atoms. The van der Waals surface area contributed by atoms with Gasteiger partial charge in [-0.2, -0.15) is 0 Å². The molecule has 0 heterocycles. The lowest BCUT2D eigenvalue weighted by Crippen LogP contribution is -2.19. The van der Waals surface area contributed by atoms with Crippen LogP contribution in [-0.4, -0.2) is 24.3 Å². The quantitative estimate of drug-likeness (QED) is 0.479. The summed E-state index contributed by atoms with van der Waals surface area (Å²) < 4.78 is 4.54. The van der Waals surface area contributed by atoms with Gasteiger partial charge >= 0.3 is 5.97 Å². The molecule has 0 radical (unpaired) electrons. The van der Waals surface area contributed by atoms with Gasteiger partial charge in [0.05, 0.1) is 13.2 Å². The molecule has 3 heteroatoms. The van der Waals surface area contributed by atoms with Crippen LogP contribution < -0.4 is 0 Å². The lowest BCUT2D eigenvalue weighted by molar-refractivity contribution is -0.137. The molecule has 1 aromatic rings. The third-order valence-corrected chi connectivity index (χ3v) is 2.48. The van der Waals surface area contributed by atoms with Crippen molar-refractivity contribution in [2.75, 3.05) is 7.11 Å². The fourth-order valence-electron chi connectivity index (χ4n) is 1.53. The topological polar surface area (TPSA) is 46.5 Å². The van der Waals surface area contributed by atoms with Crippen molar-refractivity contribution in [3.8, 4) is 0 Å². The minimum Gasteiger partial charge on any atom is -0.465 e. The van der Waals surface area contributed by atoms with E-state index in [-0.39, 0.29) is 5.57 Å². The van der Waals surface area contributed by atoms with Crippen LogP contribution in [0.25, 0.3) is 0 Å². The van der Waals surface area contributed by atoms with Crippen LogP contribution in [0.3, 0.4) is 0 Å². The zero-order valence-corrected chi connectivity index (χ0v) is 9.85. The summed E-state index contributed by atoms with van der Waals surface area (Å²) in [6.45, 7) is 3.38. The summed E-state index contributed by atoms with van der Waals surface area (Å²) in [4.78, 5) is 11.3. The minimum absolute atomic E-state index is 0.0865. The number of aryl methyl sites for hydroxylation is 1. The molecule has 0 aliphatic carbocycles. The molecular weight excluding hydrogens is 216 g/mol. The lowest BCUT2D eigenvalue weighted by Gasteiger charge is -2.11. The van der Waals surface area contributed by atoms with E-state index in [1.165, 1.54) is 7.11 Å². The second-order valence-electron chi connectivity index (χ2n) is 3.62. The van der Waals surface area contributed by atoms with Gasteiger partial charge in [-0.1, -0.05) is 36.9 Å². The Kier molecular flexibility index (Phi) is 5.21. The fourth-order valence-corrected chi connectivity index (χ4v) is 1.53. The van der Waals surface area contributed by atoms with Crippen molar-refractivity contribution < 1.29 is 14.6 Å². The van der Waals surface area contributed by atoms with Gasteiger partial charge in [0.15, 0.2) is 0 Å². The van der Waals surface area contributed by atoms with Crippen molar-refractivity contribution >= 4 is 5.97 Å². The number of carbonyl (C=O) groups excluding carboxylic acids is 1. The molecule has 0 spiro atoms. The Morgan fingerprint density at radius 3 is 2.65 bits per heavy atom. The zero-order chi connectivity index (χ0) is 12.7. The third kappa shape index (κ3) is 3.91. The van der Waals surface area contributed by atoms with Gasteiger partial charge in [-0.3, -0.25) is 0 Å². The molecule has 1 atom stereocenters. The van der Waals surface area contributed by atoms with Crippen molar-refractivity contribution in [2.45, 2.75) is 18.9 Å². The first-order valence-electron chi connectivity index (χ1n) is 5.39. The number of carbonyl (C=O) groups is 1. The molecular formula is C14H16O3. The van der Waals surface area contributed by atoms with Gasteiger partial charge in [0.1, 0.15) is 5.57 Å². The molecule has 1 rings (SSSR count). The van der Waals surface area contributed by atoms with Crippen LogP contribution in [0.15, 0.2) is 48.2 Å². The molecule has 0 amide bonds. The van der Waals surface area contributed by atoms with E-state index in [0.29, 0.717) is 12.8 Å². The van der Waals surface area contributed by atoms with Crippen molar-refractivity contribution in [1.82, 2.24) is 0 Å². The van der Waals surface area contributed by atoms with E-state index in [9.17, 15) is 9.90 Å². The maximum atomic E-state index is 11.3. The number of benzene rings is 1. The number of esters is 1. The van der Waals surface area contributed by atoms with E-state index >= 15 is 0 Å². The van der Waals surface area contributed by atoms with Crippen LogP contribution >= 0.6 is 0 Å². The Morgan fingerprint density at radius 1 is 1.47 bits per heavy atom. The van der Waals surface area contributed by atoms with Gasteiger partial charge in [0, 0.05) is 0 Å². The zero-order valence-electron chi connectivity index (χ0n) is 9.85. The van der Waals surface area contributed by atoms with Crippen molar-refractivity contribution in [1.29, 1.82) is 0 Å². The van der Waals surface area contributed by atoms with Crippen molar-refractivity contribution in [2.24, 2.45) is 0 Å². The Balaban J connectivity index is 2.58.